The molecule has 0 spiro atoms. The molecule has 1 aromatic carbocycles. The number of carbonyl (C=O) groups excluding carboxylic acids is 1. The number of nitrogens with zero attached hydrogens (tertiary/aromatic N) is 3. The van der Waals surface area contributed by atoms with Crippen molar-refractivity contribution in [1.82, 2.24) is 10.1 Å². The summed E-state index contributed by atoms with van der Waals surface area (Å²) in [4.78, 5) is 18.3. The third-order valence-corrected chi connectivity index (χ3v) is 4.75. The van der Waals surface area contributed by atoms with Gasteiger partial charge in [-0.2, -0.15) is 0 Å². The predicted molar refractivity (Wildman–Crippen MR) is 81.9 cm³/mol. The van der Waals surface area contributed by atoms with Crippen molar-refractivity contribution < 1.29 is 9.32 Å². The molecule has 2 aliphatic rings. The lowest BCUT2D eigenvalue weighted by Gasteiger charge is -2.14. The van der Waals surface area contributed by atoms with Gasteiger partial charge >= 0.3 is 0 Å². The lowest BCUT2D eigenvalue weighted by atomic mass is 10.0. The van der Waals surface area contributed by atoms with Crippen molar-refractivity contribution in [3.63, 3.8) is 0 Å². The molecule has 1 amide bonds. The van der Waals surface area contributed by atoms with E-state index in [1.165, 1.54) is 5.56 Å². The highest BCUT2D eigenvalue weighted by Gasteiger charge is 2.30. The van der Waals surface area contributed by atoms with Crippen molar-refractivity contribution in [2.45, 2.75) is 19.8 Å². The first-order chi connectivity index (χ1) is 10.6. The van der Waals surface area contributed by atoms with Crippen molar-refractivity contribution in [3.05, 3.63) is 40.9 Å². The molecule has 0 saturated carbocycles. The smallest absolute Gasteiger partial charge is 0.231 e. The van der Waals surface area contributed by atoms with Crippen LogP contribution in [0.3, 0.4) is 0 Å². The first-order valence-electron chi connectivity index (χ1n) is 7.30. The van der Waals surface area contributed by atoms with Crippen LogP contribution in [-0.4, -0.2) is 23.1 Å². The molecule has 22 heavy (non-hydrogen) atoms. The van der Waals surface area contributed by atoms with Crippen LogP contribution in [0.1, 0.15) is 22.6 Å². The molecule has 0 radical (unpaired) electrons. The lowest BCUT2D eigenvalue weighted by Crippen LogP contribution is -2.20. The Labute approximate surface area is 126 Å². The van der Waals surface area contributed by atoms with Crippen LogP contribution in [0.5, 0.6) is 0 Å². The summed E-state index contributed by atoms with van der Waals surface area (Å²) < 4.78 is 5.41. The predicted octanol–water partition coefficient (Wildman–Crippen LogP) is 2.62. The number of fused-ring (bicyclic) bond motifs is 6. The van der Waals surface area contributed by atoms with Crippen molar-refractivity contribution in [2.75, 3.05) is 11.9 Å². The zero-order chi connectivity index (χ0) is 15.0. The molecule has 1 aliphatic carbocycles. The van der Waals surface area contributed by atoms with E-state index in [1.54, 1.807) is 4.90 Å². The number of anilines is 1. The molecule has 5 nitrogen and oxygen atoms in total. The zero-order valence-corrected chi connectivity index (χ0v) is 12.3. The Balaban J connectivity index is 1.83. The minimum absolute atomic E-state index is 0.122. The monoisotopic (exact) mass is 291 g/mol. The van der Waals surface area contributed by atoms with E-state index in [0.717, 1.165) is 51.2 Å². The van der Waals surface area contributed by atoms with Crippen LogP contribution in [0.2, 0.25) is 0 Å². The molecule has 108 valence electrons. The summed E-state index contributed by atoms with van der Waals surface area (Å²) in [6, 6.07) is 4.25. The number of benzene rings is 1. The van der Waals surface area contributed by atoms with Gasteiger partial charge in [0.05, 0.1) is 23.3 Å². The minimum atomic E-state index is 0.122. The first kappa shape index (κ1) is 11.9. The van der Waals surface area contributed by atoms with Crippen LogP contribution < -0.4 is 4.90 Å². The number of amides is 1. The van der Waals surface area contributed by atoms with Crippen LogP contribution in [0.15, 0.2) is 22.9 Å². The number of carbonyl (C=O) groups is 1. The summed E-state index contributed by atoms with van der Waals surface area (Å²) in [5.74, 6) is 1.04. The van der Waals surface area contributed by atoms with Gasteiger partial charge in [0.25, 0.3) is 0 Å². The van der Waals surface area contributed by atoms with Gasteiger partial charge in [-0.3, -0.25) is 9.78 Å². The van der Waals surface area contributed by atoms with Gasteiger partial charge in [0, 0.05) is 36.2 Å². The maximum Gasteiger partial charge on any atom is 0.231 e. The van der Waals surface area contributed by atoms with Crippen LogP contribution in [-0.2, 0) is 17.6 Å². The maximum absolute atomic E-state index is 12.0. The van der Waals surface area contributed by atoms with E-state index in [9.17, 15) is 4.79 Å². The van der Waals surface area contributed by atoms with Gasteiger partial charge in [-0.05, 0) is 30.2 Å². The highest BCUT2D eigenvalue weighted by Crippen LogP contribution is 2.43. The molecular weight excluding hydrogens is 278 g/mol. The van der Waals surface area contributed by atoms with Crippen LogP contribution in [0.25, 0.3) is 22.0 Å². The molecule has 2 aromatic heterocycles. The van der Waals surface area contributed by atoms with Crippen molar-refractivity contribution in [2.24, 2.45) is 0 Å². The van der Waals surface area contributed by atoms with Gasteiger partial charge in [0.15, 0.2) is 0 Å². The molecule has 3 heterocycles. The van der Waals surface area contributed by atoms with Gasteiger partial charge in [0.1, 0.15) is 5.76 Å². The van der Waals surface area contributed by atoms with E-state index in [4.69, 9.17) is 4.52 Å². The van der Waals surface area contributed by atoms with E-state index < -0.39 is 0 Å². The average Bonchev–Trinajstić information content (AvgIpc) is 3.12. The topological polar surface area (TPSA) is 59.2 Å². The SMILES string of the molecule is Cc1noc2c1-c1cc3ncc4c(c3cc1C2)N(C)C(=O)C4. The number of aryl methyl sites for hydroxylation is 1. The Morgan fingerprint density at radius 2 is 2.09 bits per heavy atom. The largest absolute Gasteiger partial charge is 0.360 e. The summed E-state index contributed by atoms with van der Waals surface area (Å²) in [6.07, 6.45) is 3.01. The van der Waals surface area contributed by atoms with E-state index >= 15 is 0 Å². The van der Waals surface area contributed by atoms with Crippen LogP contribution >= 0.6 is 0 Å². The second kappa shape index (κ2) is 3.74. The van der Waals surface area contributed by atoms with Crippen molar-refractivity contribution in [1.29, 1.82) is 0 Å². The zero-order valence-electron chi connectivity index (χ0n) is 12.3. The lowest BCUT2D eigenvalue weighted by molar-refractivity contribution is -0.117. The Hall–Kier alpha value is -2.69. The van der Waals surface area contributed by atoms with Gasteiger partial charge in [-0.1, -0.05) is 5.16 Å². The first-order valence-corrected chi connectivity index (χ1v) is 7.30. The molecular formula is C17H13N3O2. The van der Waals surface area contributed by atoms with Gasteiger partial charge in [-0.15, -0.1) is 0 Å². The number of rotatable bonds is 0. The molecule has 0 bridgehead atoms. The second-order valence-corrected chi connectivity index (χ2v) is 6.03. The molecule has 0 saturated heterocycles. The highest BCUT2D eigenvalue weighted by atomic mass is 16.5. The fourth-order valence-electron chi connectivity index (χ4n) is 3.68. The van der Waals surface area contributed by atoms with Crippen molar-refractivity contribution >= 4 is 22.5 Å². The second-order valence-electron chi connectivity index (χ2n) is 6.03. The molecule has 0 fully saturated rings. The summed E-state index contributed by atoms with van der Waals surface area (Å²) in [6.45, 7) is 1.96. The third-order valence-electron chi connectivity index (χ3n) is 4.75. The van der Waals surface area contributed by atoms with Gasteiger partial charge < -0.3 is 9.42 Å². The summed E-state index contributed by atoms with van der Waals surface area (Å²) in [5, 5.41) is 5.09. The Bertz CT molecular complexity index is 987. The molecule has 5 heteroatoms. The molecule has 5 rings (SSSR count). The number of hydrogen-bond acceptors (Lipinski definition) is 4. The molecule has 0 unspecified atom stereocenters. The molecule has 1 aliphatic heterocycles. The number of hydrogen-bond donors (Lipinski definition) is 0. The van der Waals surface area contributed by atoms with E-state index in [0.29, 0.717) is 6.42 Å². The van der Waals surface area contributed by atoms with Crippen LogP contribution in [0, 0.1) is 6.92 Å². The third kappa shape index (κ3) is 1.31. The normalized spacial score (nSPS) is 15.4. The summed E-state index contributed by atoms with van der Waals surface area (Å²) in [5.41, 5.74) is 7.30. The highest BCUT2D eigenvalue weighted by molar-refractivity contribution is 6.10. The number of likely N-dealkylation sites (N-methyl/N-ethyl adjacent to an activating group) is 1. The van der Waals surface area contributed by atoms with Crippen molar-refractivity contribution in [3.8, 4) is 11.1 Å². The average molecular weight is 291 g/mol. The van der Waals surface area contributed by atoms with E-state index in [-0.39, 0.29) is 5.91 Å². The standard InChI is InChI=1S/C17H13N3O2/c1-8-16-11-6-13-12(3-9(11)4-14(16)22-19-8)17-10(7-18-13)5-15(21)20(17)2/h3,6-7H,4-5H2,1-2H3. The molecule has 0 N–H and O–H groups in total. The fourth-order valence-corrected chi connectivity index (χ4v) is 3.68. The minimum Gasteiger partial charge on any atom is -0.360 e. The maximum atomic E-state index is 12.0. The Morgan fingerprint density at radius 1 is 1.23 bits per heavy atom. The van der Waals surface area contributed by atoms with Crippen LogP contribution in [0.4, 0.5) is 5.69 Å². The molecule has 3 aromatic rings. The van der Waals surface area contributed by atoms with Gasteiger partial charge in [0.2, 0.25) is 5.91 Å². The fraction of sp³-hybridized carbons (Fsp3) is 0.235. The summed E-state index contributed by atoms with van der Waals surface area (Å²) in [7, 11) is 1.83. The van der Waals surface area contributed by atoms with Gasteiger partial charge in [-0.25, -0.2) is 0 Å². The molecule has 0 atom stereocenters. The number of pyridine rings is 1. The quantitative estimate of drug-likeness (QED) is 0.499. The van der Waals surface area contributed by atoms with E-state index in [1.807, 2.05) is 20.2 Å². The Morgan fingerprint density at radius 3 is 2.95 bits per heavy atom. The van der Waals surface area contributed by atoms with E-state index in [2.05, 4.69) is 22.3 Å². The summed E-state index contributed by atoms with van der Waals surface area (Å²) >= 11 is 0. The Kier molecular flexibility index (Phi) is 2.02. The number of aromatic nitrogens is 2.